The van der Waals surface area contributed by atoms with Crippen LogP contribution in [-0.4, -0.2) is 27.4 Å². The Bertz CT molecular complexity index is 942. The molecule has 0 spiro atoms. The summed E-state index contributed by atoms with van der Waals surface area (Å²) in [6.45, 7) is 1.91. The number of hydrogen-bond acceptors (Lipinski definition) is 3. The lowest BCUT2D eigenvalue weighted by molar-refractivity contribution is 0.439. The number of piperidine rings is 1. The maximum absolute atomic E-state index is 14.0. The Labute approximate surface area is 151 Å². The Morgan fingerprint density at radius 1 is 1.12 bits per heavy atom. The van der Waals surface area contributed by atoms with E-state index in [1.807, 2.05) is 30.3 Å². The van der Waals surface area contributed by atoms with E-state index in [1.54, 1.807) is 22.8 Å². The van der Waals surface area contributed by atoms with E-state index >= 15 is 0 Å². The van der Waals surface area contributed by atoms with Crippen molar-refractivity contribution in [3.05, 3.63) is 82.3 Å². The Kier molecular flexibility index (Phi) is 4.67. The Morgan fingerprint density at radius 3 is 2.62 bits per heavy atom. The number of benzene rings is 2. The van der Waals surface area contributed by atoms with Crippen molar-refractivity contribution in [2.24, 2.45) is 0 Å². The van der Waals surface area contributed by atoms with E-state index in [2.05, 4.69) is 10.4 Å². The molecule has 26 heavy (non-hydrogen) atoms. The van der Waals surface area contributed by atoms with Gasteiger partial charge in [-0.25, -0.2) is 18.4 Å². The highest BCUT2D eigenvalue weighted by Gasteiger charge is 2.25. The summed E-state index contributed by atoms with van der Waals surface area (Å²) in [6, 6.07) is 16.0. The molecule has 0 amide bonds. The third kappa shape index (κ3) is 3.20. The second-order valence-electron chi connectivity index (χ2n) is 6.60. The van der Waals surface area contributed by atoms with Crippen molar-refractivity contribution in [3.8, 4) is 5.69 Å². The van der Waals surface area contributed by atoms with Gasteiger partial charge >= 0.3 is 5.69 Å². The van der Waals surface area contributed by atoms with Crippen LogP contribution in [0.15, 0.2) is 59.4 Å². The maximum atomic E-state index is 14.0. The molecule has 0 unspecified atom stereocenters. The second-order valence-corrected chi connectivity index (χ2v) is 6.60. The zero-order chi connectivity index (χ0) is 17.9. The highest BCUT2D eigenvalue weighted by atomic mass is 19.1. The van der Waals surface area contributed by atoms with Gasteiger partial charge in [-0.3, -0.25) is 0 Å². The molecule has 4 rings (SSSR count). The van der Waals surface area contributed by atoms with Crippen LogP contribution in [0.1, 0.15) is 30.1 Å². The van der Waals surface area contributed by atoms with E-state index in [4.69, 9.17) is 0 Å². The van der Waals surface area contributed by atoms with Crippen molar-refractivity contribution in [1.82, 2.24) is 19.7 Å². The van der Waals surface area contributed by atoms with Crippen LogP contribution in [0.3, 0.4) is 0 Å². The maximum Gasteiger partial charge on any atom is 0.350 e. The van der Waals surface area contributed by atoms with Crippen LogP contribution in [0.2, 0.25) is 0 Å². The SMILES string of the molecule is O=c1n(Cc2ccccc2F)nc([C@H]2CCCNC2)n1-c1ccccc1. The second kappa shape index (κ2) is 7.25. The van der Waals surface area contributed by atoms with Crippen molar-refractivity contribution >= 4 is 0 Å². The molecule has 1 aromatic heterocycles. The van der Waals surface area contributed by atoms with E-state index in [9.17, 15) is 9.18 Å². The number of para-hydroxylation sites is 1. The molecule has 1 aliphatic rings. The lowest BCUT2D eigenvalue weighted by Gasteiger charge is -2.22. The summed E-state index contributed by atoms with van der Waals surface area (Å²) < 4.78 is 17.1. The molecule has 2 heterocycles. The van der Waals surface area contributed by atoms with Crippen LogP contribution in [0, 0.1) is 5.82 Å². The van der Waals surface area contributed by atoms with Crippen molar-refractivity contribution in [2.75, 3.05) is 13.1 Å². The average Bonchev–Trinajstić information content (AvgIpc) is 3.01. The van der Waals surface area contributed by atoms with E-state index in [0.717, 1.165) is 37.4 Å². The lowest BCUT2D eigenvalue weighted by atomic mass is 9.99. The standard InChI is InChI=1S/C20H21FN4O/c21-18-11-5-4-7-16(18)14-24-20(26)25(17-9-2-1-3-10-17)19(23-24)15-8-6-12-22-13-15/h1-5,7,9-11,15,22H,6,8,12-14H2/t15-/m0/s1. The van der Waals surface area contributed by atoms with Crippen molar-refractivity contribution in [1.29, 1.82) is 0 Å². The van der Waals surface area contributed by atoms with Crippen molar-refractivity contribution < 1.29 is 4.39 Å². The first kappa shape index (κ1) is 16.7. The summed E-state index contributed by atoms with van der Waals surface area (Å²) in [5.74, 6) is 0.581. The predicted octanol–water partition coefficient (Wildman–Crippen LogP) is 2.69. The van der Waals surface area contributed by atoms with Gasteiger partial charge in [-0.05, 0) is 37.6 Å². The van der Waals surface area contributed by atoms with E-state index in [0.29, 0.717) is 5.56 Å². The van der Waals surface area contributed by atoms with Gasteiger partial charge < -0.3 is 5.32 Å². The number of halogens is 1. The summed E-state index contributed by atoms with van der Waals surface area (Å²) in [5.41, 5.74) is 1.01. The lowest BCUT2D eigenvalue weighted by Crippen LogP contribution is -2.31. The van der Waals surface area contributed by atoms with Gasteiger partial charge in [0.05, 0.1) is 12.2 Å². The fourth-order valence-corrected chi connectivity index (χ4v) is 3.47. The highest BCUT2D eigenvalue weighted by molar-refractivity contribution is 5.33. The molecule has 1 aliphatic heterocycles. The van der Waals surface area contributed by atoms with Gasteiger partial charge in [-0.2, -0.15) is 5.10 Å². The summed E-state index contributed by atoms with van der Waals surface area (Å²) in [5, 5.41) is 7.98. The third-order valence-electron chi connectivity index (χ3n) is 4.82. The Morgan fingerprint density at radius 2 is 1.88 bits per heavy atom. The molecule has 3 aromatic rings. The van der Waals surface area contributed by atoms with Gasteiger partial charge in [-0.1, -0.05) is 36.4 Å². The molecule has 0 saturated carbocycles. The highest BCUT2D eigenvalue weighted by Crippen LogP contribution is 2.23. The van der Waals surface area contributed by atoms with E-state index < -0.39 is 0 Å². The zero-order valence-corrected chi connectivity index (χ0v) is 14.4. The molecular weight excluding hydrogens is 331 g/mol. The van der Waals surface area contributed by atoms with E-state index in [-0.39, 0.29) is 24.0 Å². The minimum Gasteiger partial charge on any atom is -0.316 e. The minimum absolute atomic E-state index is 0.124. The molecule has 0 aliphatic carbocycles. The molecular formula is C20H21FN4O. The molecule has 1 atom stereocenters. The molecule has 134 valence electrons. The van der Waals surface area contributed by atoms with E-state index in [1.165, 1.54) is 10.7 Å². The van der Waals surface area contributed by atoms with Crippen LogP contribution in [0.25, 0.3) is 5.69 Å². The van der Waals surface area contributed by atoms with Crippen LogP contribution in [0.4, 0.5) is 4.39 Å². The molecule has 0 bridgehead atoms. The van der Waals surface area contributed by atoms with Crippen LogP contribution in [-0.2, 0) is 6.54 Å². The number of hydrogen-bond donors (Lipinski definition) is 1. The van der Waals surface area contributed by atoms with Gasteiger partial charge in [0.15, 0.2) is 0 Å². The van der Waals surface area contributed by atoms with Gasteiger partial charge in [0.25, 0.3) is 0 Å². The van der Waals surface area contributed by atoms with Gasteiger partial charge in [0.1, 0.15) is 11.6 Å². The Balaban J connectivity index is 1.80. The molecule has 1 fully saturated rings. The topological polar surface area (TPSA) is 51.9 Å². The van der Waals surface area contributed by atoms with Gasteiger partial charge in [-0.15, -0.1) is 0 Å². The number of nitrogens with one attached hydrogen (secondary N) is 1. The minimum atomic E-state index is -0.324. The van der Waals surface area contributed by atoms with Crippen LogP contribution < -0.4 is 11.0 Å². The quantitative estimate of drug-likeness (QED) is 0.785. The zero-order valence-electron chi connectivity index (χ0n) is 14.4. The molecule has 1 N–H and O–H groups in total. The third-order valence-corrected chi connectivity index (χ3v) is 4.82. The van der Waals surface area contributed by atoms with Gasteiger partial charge in [0, 0.05) is 18.0 Å². The first-order valence-corrected chi connectivity index (χ1v) is 8.93. The average molecular weight is 352 g/mol. The normalized spacial score (nSPS) is 17.3. The first-order valence-electron chi connectivity index (χ1n) is 8.93. The molecule has 0 radical (unpaired) electrons. The van der Waals surface area contributed by atoms with Crippen LogP contribution in [0.5, 0.6) is 0 Å². The molecule has 2 aromatic carbocycles. The fourth-order valence-electron chi connectivity index (χ4n) is 3.47. The Hall–Kier alpha value is -2.73. The number of nitrogens with zero attached hydrogens (tertiary/aromatic N) is 3. The number of aromatic nitrogens is 3. The molecule has 5 nitrogen and oxygen atoms in total. The largest absolute Gasteiger partial charge is 0.350 e. The molecule has 1 saturated heterocycles. The summed E-state index contributed by atoms with van der Waals surface area (Å²) in [6.07, 6.45) is 2.03. The summed E-state index contributed by atoms with van der Waals surface area (Å²) in [7, 11) is 0. The van der Waals surface area contributed by atoms with Crippen LogP contribution >= 0.6 is 0 Å². The smallest absolute Gasteiger partial charge is 0.316 e. The summed E-state index contributed by atoms with van der Waals surface area (Å²) >= 11 is 0. The molecule has 6 heteroatoms. The van der Waals surface area contributed by atoms with Crippen molar-refractivity contribution in [2.45, 2.75) is 25.3 Å². The fraction of sp³-hybridized carbons (Fsp3) is 0.300. The number of rotatable bonds is 4. The van der Waals surface area contributed by atoms with Crippen molar-refractivity contribution in [3.63, 3.8) is 0 Å². The summed E-state index contributed by atoms with van der Waals surface area (Å²) in [4.78, 5) is 13.1. The van der Waals surface area contributed by atoms with Gasteiger partial charge in [0.2, 0.25) is 0 Å². The monoisotopic (exact) mass is 352 g/mol. The predicted molar refractivity (Wildman–Crippen MR) is 98.2 cm³/mol. The first-order chi connectivity index (χ1) is 12.7.